The SMILES string of the molecule is CCc1cc(CC(F)(CN)C2CC2)n(C)n1. The molecule has 1 saturated carbocycles. The van der Waals surface area contributed by atoms with Gasteiger partial charge in [0, 0.05) is 25.7 Å². The Morgan fingerprint density at radius 1 is 1.62 bits per heavy atom. The molecule has 1 aromatic heterocycles. The molecule has 1 aromatic rings. The zero-order chi connectivity index (χ0) is 11.8. The number of nitrogens with two attached hydrogens (primary N) is 1. The molecule has 90 valence electrons. The van der Waals surface area contributed by atoms with Gasteiger partial charge in [0.05, 0.1) is 5.69 Å². The van der Waals surface area contributed by atoms with Crippen LogP contribution in [0, 0.1) is 5.92 Å². The smallest absolute Gasteiger partial charge is 0.131 e. The lowest BCUT2D eigenvalue weighted by molar-refractivity contribution is 0.139. The normalized spacial score (nSPS) is 19.8. The van der Waals surface area contributed by atoms with Gasteiger partial charge in [0.15, 0.2) is 0 Å². The van der Waals surface area contributed by atoms with E-state index in [1.165, 1.54) is 0 Å². The first-order chi connectivity index (χ1) is 7.59. The molecule has 3 nitrogen and oxygen atoms in total. The molecule has 0 aliphatic heterocycles. The van der Waals surface area contributed by atoms with Crippen LogP contribution in [0.5, 0.6) is 0 Å². The molecule has 0 amide bonds. The molecule has 0 aromatic carbocycles. The predicted octanol–water partition coefficient (Wildman–Crippen LogP) is 1.60. The number of alkyl halides is 1. The summed E-state index contributed by atoms with van der Waals surface area (Å²) in [6.45, 7) is 2.17. The van der Waals surface area contributed by atoms with E-state index in [0.29, 0.717) is 6.42 Å². The van der Waals surface area contributed by atoms with Crippen LogP contribution in [0.2, 0.25) is 0 Å². The van der Waals surface area contributed by atoms with E-state index >= 15 is 0 Å². The van der Waals surface area contributed by atoms with Gasteiger partial charge >= 0.3 is 0 Å². The third-order valence-corrected chi connectivity index (χ3v) is 3.51. The number of aromatic nitrogens is 2. The molecular formula is C12H20FN3. The van der Waals surface area contributed by atoms with Gasteiger partial charge in [-0.25, -0.2) is 4.39 Å². The summed E-state index contributed by atoms with van der Waals surface area (Å²) in [4.78, 5) is 0. The van der Waals surface area contributed by atoms with Crippen molar-refractivity contribution in [1.82, 2.24) is 9.78 Å². The van der Waals surface area contributed by atoms with E-state index in [1.54, 1.807) is 4.68 Å². The standard InChI is InChI=1S/C12H20FN3/c1-3-10-6-11(16(2)15-10)7-12(13,8-14)9-4-5-9/h6,9H,3-5,7-8,14H2,1-2H3. The van der Waals surface area contributed by atoms with Crippen LogP contribution in [-0.4, -0.2) is 22.0 Å². The van der Waals surface area contributed by atoms with Gasteiger partial charge in [-0.05, 0) is 31.2 Å². The van der Waals surface area contributed by atoms with Crippen molar-refractivity contribution in [3.05, 3.63) is 17.5 Å². The summed E-state index contributed by atoms with van der Waals surface area (Å²) in [5.41, 5.74) is 6.33. The highest BCUT2D eigenvalue weighted by Crippen LogP contribution is 2.43. The van der Waals surface area contributed by atoms with Gasteiger partial charge in [-0.2, -0.15) is 5.10 Å². The number of halogens is 1. The molecule has 0 radical (unpaired) electrons. The summed E-state index contributed by atoms with van der Waals surface area (Å²) in [6.07, 6.45) is 3.25. The van der Waals surface area contributed by atoms with E-state index in [9.17, 15) is 4.39 Å². The number of rotatable bonds is 5. The minimum Gasteiger partial charge on any atom is -0.328 e. The van der Waals surface area contributed by atoms with Gasteiger partial charge in [-0.15, -0.1) is 0 Å². The van der Waals surface area contributed by atoms with Gasteiger partial charge in [-0.1, -0.05) is 6.92 Å². The van der Waals surface area contributed by atoms with Crippen LogP contribution in [-0.2, 0) is 19.9 Å². The molecule has 4 heteroatoms. The number of hydrogen-bond acceptors (Lipinski definition) is 2. The molecular weight excluding hydrogens is 205 g/mol. The van der Waals surface area contributed by atoms with E-state index in [2.05, 4.69) is 12.0 Å². The summed E-state index contributed by atoms with van der Waals surface area (Å²) in [5.74, 6) is 0.164. The average molecular weight is 225 g/mol. The minimum atomic E-state index is -1.22. The van der Waals surface area contributed by atoms with Crippen molar-refractivity contribution in [3.8, 4) is 0 Å². The summed E-state index contributed by atoms with van der Waals surface area (Å²) in [5, 5.41) is 4.34. The van der Waals surface area contributed by atoms with Crippen LogP contribution < -0.4 is 5.73 Å². The van der Waals surface area contributed by atoms with Gasteiger partial charge in [0.1, 0.15) is 5.67 Å². The van der Waals surface area contributed by atoms with Crippen LogP contribution in [0.3, 0.4) is 0 Å². The molecule has 1 aliphatic rings. The van der Waals surface area contributed by atoms with E-state index in [0.717, 1.165) is 30.7 Å². The van der Waals surface area contributed by atoms with Gasteiger partial charge < -0.3 is 5.73 Å². The molecule has 1 atom stereocenters. The monoisotopic (exact) mass is 225 g/mol. The lowest BCUT2D eigenvalue weighted by Gasteiger charge is -2.23. The highest BCUT2D eigenvalue weighted by molar-refractivity contribution is 5.15. The number of aryl methyl sites for hydroxylation is 2. The van der Waals surface area contributed by atoms with E-state index in [1.807, 2.05) is 13.1 Å². The average Bonchev–Trinajstić information content (AvgIpc) is 3.06. The van der Waals surface area contributed by atoms with Crippen LogP contribution in [0.1, 0.15) is 31.2 Å². The Morgan fingerprint density at radius 2 is 2.31 bits per heavy atom. The lowest BCUT2D eigenvalue weighted by Crippen LogP contribution is -2.38. The predicted molar refractivity (Wildman–Crippen MR) is 61.9 cm³/mol. The van der Waals surface area contributed by atoms with Crippen molar-refractivity contribution < 1.29 is 4.39 Å². The zero-order valence-electron chi connectivity index (χ0n) is 10.0. The second kappa shape index (κ2) is 4.17. The maximum Gasteiger partial charge on any atom is 0.131 e. The molecule has 1 heterocycles. The highest BCUT2D eigenvalue weighted by Gasteiger charge is 2.45. The van der Waals surface area contributed by atoms with Gasteiger partial charge in [-0.3, -0.25) is 4.68 Å². The molecule has 0 spiro atoms. The Hall–Kier alpha value is -0.900. The fourth-order valence-corrected chi connectivity index (χ4v) is 2.19. The molecule has 1 unspecified atom stereocenters. The van der Waals surface area contributed by atoms with Crippen molar-refractivity contribution in [1.29, 1.82) is 0 Å². The quantitative estimate of drug-likeness (QED) is 0.827. The third kappa shape index (κ3) is 2.12. The third-order valence-electron chi connectivity index (χ3n) is 3.51. The Balaban J connectivity index is 2.15. The van der Waals surface area contributed by atoms with Gasteiger partial charge in [0.25, 0.3) is 0 Å². The fourth-order valence-electron chi connectivity index (χ4n) is 2.19. The van der Waals surface area contributed by atoms with E-state index in [-0.39, 0.29) is 12.5 Å². The van der Waals surface area contributed by atoms with Crippen LogP contribution in [0.15, 0.2) is 6.07 Å². The zero-order valence-corrected chi connectivity index (χ0v) is 10.0. The second-order valence-electron chi connectivity index (χ2n) is 4.79. The molecule has 0 bridgehead atoms. The Labute approximate surface area is 95.8 Å². The van der Waals surface area contributed by atoms with Crippen molar-refractivity contribution in [2.75, 3.05) is 6.54 Å². The van der Waals surface area contributed by atoms with Gasteiger partial charge in [0.2, 0.25) is 0 Å². The van der Waals surface area contributed by atoms with Crippen LogP contribution >= 0.6 is 0 Å². The maximum absolute atomic E-state index is 14.5. The van der Waals surface area contributed by atoms with E-state index < -0.39 is 5.67 Å². The number of nitrogens with zero attached hydrogens (tertiary/aromatic N) is 2. The fraction of sp³-hybridized carbons (Fsp3) is 0.750. The first-order valence-electron chi connectivity index (χ1n) is 6.00. The van der Waals surface area contributed by atoms with Crippen molar-refractivity contribution in [3.63, 3.8) is 0 Å². The molecule has 1 aliphatic carbocycles. The summed E-state index contributed by atoms with van der Waals surface area (Å²) >= 11 is 0. The molecule has 16 heavy (non-hydrogen) atoms. The molecule has 2 rings (SSSR count). The van der Waals surface area contributed by atoms with E-state index in [4.69, 9.17) is 5.73 Å². The van der Waals surface area contributed by atoms with Crippen molar-refractivity contribution in [2.24, 2.45) is 18.7 Å². The maximum atomic E-state index is 14.5. The minimum absolute atomic E-state index is 0.115. The Morgan fingerprint density at radius 3 is 2.75 bits per heavy atom. The summed E-state index contributed by atoms with van der Waals surface area (Å²) < 4.78 is 16.3. The molecule has 2 N–H and O–H groups in total. The summed E-state index contributed by atoms with van der Waals surface area (Å²) in [7, 11) is 1.87. The Kier molecular flexibility index (Phi) is 3.02. The second-order valence-corrected chi connectivity index (χ2v) is 4.79. The molecule has 1 fully saturated rings. The Bertz CT molecular complexity index is 370. The van der Waals surface area contributed by atoms with Crippen molar-refractivity contribution >= 4 is 0 Å². The topological polar surface area (TPSA) is 43.8 Å². The largest absolute Gasteiger partial charge is 0.328 e. The van der Waals surface area contributed by atoms with Crippen LogP contribution in [0.4, 0.5) is 4.39 Å². The highest BCUT2D eigenvalue weighted by atomic mass is 19.1. The van der Waals surface area contributed by atoms with Crippen LogP contribution in [0.25, 0.3) is 0 Å². The lowest BCUT2D eigenvalue weighted by atomic mass is 9.94. The molecule has 0 saturated heterocycles. The first kappa shape index (κ1) is 11.6. The van der Waals surface area contributed by atoms with Crippen molar-refractivity contribution in [2.45, 2.75) is 38.3 Å². The summed E-state index contributed by atoms with van der Waals surface area (Å²) in [6, 6.07) is 1.99. The first-order valence-corrected chi connectivity index (χ1v) is 6.00. The number of hydrogen-bond donors (Lipinski definition) is 1.